The minimum atomic E-state index is -0.642. The number of anilines is 3. The van der Waals surface area contributed by atoms with Crippen LogP contribution in [0.15, 0.2) is 71.8 Å². The number of hydrogen-bond acceptors (Lipinski definition) is 7. The third kappa shape index (κ3) is 5.62. The first-order valence-corrected chi connectivity index (χ1v) is 11.0. The number of nitrogens with zero attached hydrogens (tertiary/aromatic N) is 3. The molecule has 0 aromatic heterocycles. The molecule has 1 heterocycles. The lowest BCUT2D eigenvalue weighted by Gasteiger charge is -2.30. The highest BCUT2D eigenvalue weighted by Gasteiger charge is 2.29. The number of nitrogens with one attached hydrogen (secondary N) is 3. The van der Waals surface area contributed by atoms with Crippen molar-refractivity contribution in [2.45, 2.75) is 6.92 Å². The van der Waals surface area contributed by atoms with Crippen molar-refractivity contribution in [1.29, 1.82) is 0 Å². The highest BCUT2D eigenvalue weighted by molar-refractivity contribution is 7.80. The summed E-state index contributed by atoms with van der Waals surface area (Å²) in [6.45, 7) is 1.71. The van der Waals surface area contributed by atoms with Crippen LogP contribution in [0.4, 0.5) is 27.5 Å². The first kappa shape index (κ1) is 24.3. The van der Waals surface area contributed by atoms with Crippen molar-refractivity contribution in [3.05, 3.63) is 88.0 Å². The Kier molecular flexibility index (Phi) is 7.16. The molecular formula is C24H20N6O5S. The van der Waals surface area contributed by atoms with Crippen LogP contribution in [0.3, 0.4) is 0 Å². The first-order chi connectivity index (χ1) is 17.3. The molecule has 0 saturated carbocycles. The van der Waals surface area contributed by atoms with Crippen LogP contribution in [0.25, 0.3) is 0 Å². The normalized spacial score (nSPS) is 12.5. The van der Waals surface area contributed by atoms with Crippen molar-refractivity contribution < 1.29 is 19.2 Å². The summed E-state index contributed by atoms with van der Waals surface area (Å²) in [5.74, 6) is 0.0314. The monoisotopic (exact) mass is 504 g/mol. The van der Waals surface area contributed by atoms with Gasteiger partial charge in [-0.1, -0.05) is 30.3 Å². The lowest BCUT2D eigenvalue weighted by Crippen LogP contribution is -2.45. The van der Waals surface area contributed by atoms with E-state index in [9.17, 15) is 19.7 Å². The van der Waals surface area contributed by atoms with Gasteiger partial charge in [0.1, 0.15) is 5.75 Å². The van der Waals surface area contributed by atoms with Crippen molar-refractivity contribution in [2.24, 2.45) is 5.10 Å². The molecule has 1 aliphatic heterocycles. The van der Waals surface area contributed by atoms with Gasteiger partial charge in [0.25, 0.3) is 11.6 Å². The second-order valence-electron chi connectivity index (χ2n) is 7.62. The van der Waals surface area contributed by atoms with E-state index >= 15 is 0 Å². The van der Waals surface area contributed by atoms with Crippen molar-refractivity contribution in [1.82, 2.24) is 5.43 Å². The molecule has 182 valence electrons. The molecule has 3 aromatic rings. The van der Waals surface area contributed by atoms with Crippen LogP contribution in [0.2, 0.25) is 0 Å². The molecule has 0 saturated heterocycles. The van der Waals surface area contributed by atoms with Gasteiger partial charge in [0, 0.05) is 35.1 Å². The minimum absolute atomic E-state index is 0.0847. The number of hydrazone groups is 1. The molecular weight excluding hydrogens is 484 g/mol. The first-order valence-electron chi connectivity index (χ1n) is 10.6. The molecule has 0 radical (unpaired) electrons. The van der Waals surface area contributed by atoms with Crippen LogP contribution in [0.1, 0.15) is 11.1 Å². The summed E-state index contributed by atoms with van der Waals surface area (Å²) in [5.41, 5.74) is 5.24. The third-order valence-electron chi connectivity index (χ3n) is 5.11. The molecule has 0 fully saturated rings. The summed E-state index contributed by atoms with van der Waals surface area (Å²) in [6, 6.07) is 17.5. The van der Waals surface area contributed by atoms with Gasteiger partial charge in [0.15, 0.2) is 11.7 Å². The van der Waals surface area contributed by atoms with Crippen LogP contribution in [-0.2, 0) is 4.79 Å². The van der Waals surface area contributed by atoms with Crippen LogP contribution < -0.4 is 25.7 Å². The van der Waals surface area contributed by atoms with E-state index in [1.54, 1.807) is 24.3 Å². The molecule has 0 unspecified atom stereocenters. The average molecular weight is 505 g/mol. The Hall–Kier alpha value is -4.84. The molecule has 12 heteroatoms. The zero-order valence-corrected chi connectivity index (χ0v) is 19.7. The summed E-state index contributed by atoms with van der Waals surface area (Å²) in [7, 11) is 0. The largest absolute Gasteiger partial charge is 0.481 e. The predicted octanol–water partition coefficient (Wildman–Crippen LogP) is 4.18. The van der Waals surface area contributed by atoms with Crippen LogP contribution >= 0.6 is 12.2 Å². The Morgan fingerprint density at radius 1 is 1.14 bits per heavy atom. The molecule has 1 aliphatic rings. The number of thiocarbonyl (C=S) groups is 1. The van der Waals surface area contributed by atoms with E-state index in [1.165, 1.54) is 29.3 Å². The molecule has 3 aromatic carbocycles. The number of urea groups is 1. The minimum Gasteiger partial charge on any atom is -0.481 e. The van der Waals surface area contributed by atoms with E-state index in [0.717, 1.165) is 11.3 Å². The Morgan fingerprint density at radius 2 is 1.94 bits per heavy atom. The number of non-ortho nitro benzene ring substituents is 1. The zero-order valence-electron chi connectivity index (χ0n) is 18.9. The number of para-hydroxylation sites is 1. The third-order valence-corrected chi connectivity index (χ3v) is 5.39. The van der Waals surface area contributed by atoms with E-state index in [2.05, 4.69) is 21.2 Å². The fourth-order valence-electron chi connectivity index (χ4n) is 3.38. The fourth-order valence-corrected chi connectivity index (χ4v) is 3.69. The van der Waals surface area contributed by atoms with Gasteiger partial charge >= 0.3 is 6.03 Å². The van der Waals surface area contributed by atoms with Crippen molar-refractivity contribution >= 4 is 58.2 Å². The summed E-state index contributed by atoms with van der Waals surface area (Å²) in [4.78, 5) is 36.5. The molecule has 0 atom stereocenters. The number of nitro groups is 1. The molecule has 0 bridgehead atoms. The summed E-state index contributed by atoms with van der Waals surface area (Å²) in [6.07, 6.45) is 1.29. The van der Waals surface area contributed by atoms with Gasteiger partial charge in [-0.25, -0.2) is 10.2 Å². The molecule has 3 N–H and O–H groups in total. The number of aryl methyl sites for hydroxylation is 1. The Balaban J connectivity index is 1.42. The zero-order chi connectivity index (χ0) is 25.7. The number of nitro benzene ring substituents is 1. The van der Waals surface area contributed by atoms with E-state index in [-0.39, 0.29) is 23.3 Å². The number of carbonyl (C=O) groups is 2. The maximum Gasteiger partial charge on any atom is 0.339 e. The van der Waals surface area contributed by atoms with Gasteiger partial charge in [-0.15, -0.1) is 0 Å². The number of benzene rings is 3. The lowest BCUT2D eigenvalue weighted by molar-refractivity contribution is -0.384. The van der Waals surface area contributed by atoms with Gasteiger partial charge in [0.05, 0.1) is 16.8 Å². The van der Waals surface area contributed by atoms with E-state index in [0.29, 0.717) is 22.7 Å². The molecule has 4 rings (SSSR count). The van der Waals surface area contributed by atoms with Gasteiger partial charge in [-0.3, -0.25) is 19.8 Å². The Morgan fingerprint density at radius 3 is 2.72 bits per heavy atom. The number of rotatable bonds is 5. The molecule has 36 heavy (non-hydrogen) atoms. The number of carbonyl (C=O) groups excluding carboxylic acids is 2. The Labute approximate surface area is 210 Å². The number of hydrogen-bond donors (Lipinski definition) is 3. The Bertz CT molecular complexity index is 1390. The van der Waals surface area contributed by atoms with Crippen molar-refractivity contribution in [3.8, 4) is 5.75 Å². The fraction of sp³-hybridized carbons (Fsp3) is 0.0833. The van der Waals surface area contributed by atoms with Gasteiger partial charge in [-0.2, -0.15) is 5.10 Å². The van der Waals surface area contributed by atoms with E-state index in [1.807, 2.05) is 31.2 Å². The van der Waals surface area contributed by atoms with Crippen LogP contribution in [-0.4, -0.2) is 34.8 Å². The van der Waals surface area contributed by atoms with Crippen LogP contribution in [0.5, 0.6) is 5.75 Å². The average Bonchev–Trinajstić information content (AvgIpc) is 2.85. The molecule has 0 aliphatic carbocycles. The van der Waals surface area contributed by atoms with Crippen LogP contribution in [0, 0.1) is 17.0 Å². The molecule has 0 spiro atoms. The maximum atomic E-state index is 12.6. The number of fused-ring (bicyclic) bond motifs is 1. The van der Waals surface area contributed by atoms with Crippen molar-refractivity contribution in [2.75, 3.05) is 22.1 Å². The second kappa shape index (κ2) is 10.6. The van der Waals surface area contributed by atoms with E-state index < -0.39 is 11.0 Å². The topological polar surface area (TPSA) is 138 Å². The highest BCUT2D eigenvalue weighted by Crippen LogP contribution is 2.35. The molecule has 3 amide bonds. The smallest absolute Gasteiger partial charge is 0.339 e. The summed E-state index contributed by atoms with van der Waals surface area (Å²) in [5, 5.41) is 20.5. The molecule has 11 nitrogen and oxygen atoms in total. The predicted molar refractivity (Wildman–Crippen MR) is 140 cm³/mol. The quantitative estimate of drug-likeness (QED) is 0.205. The van der Waals surface area contributed by atoms with E-state index in [4.69, 9.17) is 17.0 Å². The van der Waals surface area contributed by atoms with Gasteiger partial charge in [0.2, 0.25) is 0 Å². The van der Waals surface area contributed by atoms with Gasteiger partial charge in [-0.05, 0) is 42.9 Å². The standard InChI is InChI=1S/C24H20N6O5S/c1-15-5-2-3-8-19(15)27-24(36)29-20-10-9-17(12-21(20)35-14-22(29)31)26-23(32)28-25-13-16-6-4-7-18(11-16)30(33)34/h2-13H,14H2,1H3,(H,27,36)(H2,26,28,32)/b25-13+. The highest BCUT2D eigenvalue weighted by atomic mass is 32.1. The SMILES string of the molecule is Cc1ccccc1NC(=S)N1C(=O)COc2cc(NC(=O)N/N=C/c3cccc([N+](=O)[O-])c3)ccc21. The lowest BCUT2D eigenvalue weighted by atomic mass is 10.2. The second-order valence-corrected chi connectivity index (χ2v) is 8.01. The summed E-state index contributed by atoms with van der Waals surface area (Å²) < 4.78 is 5.55. The summed E-state index contributed by atoms with van der Waals surface area (Å²) >= 11 is 5.49. The van der Waals surface area contributed by atoms with Crippen molar-refractivity contribution in [3.63, 3.8) is 0 Å². The number of ether oxygens (including phenoxy) is 1. The number of amides is 3. The maximum absolute atomic E-state index is 12.6. The van der Waals surface area contributed by atoms with Gasteiger partial charge < -0.3 is 15.4 Å².